The number of nitrogens with zero attached hydrogens (tertiary/aromatic N) is 4. The highest BCUT2D eigenvalue weighted by Crippen LogP contribution is 2.32. The Morgan fingerprint density at radius 3 is 2.83 bits per heavy atom. The van der Waals surface area contributed by atoms with Crippen molar-refractivity contribution in [2.24, 2.45) is 0 Å². The van der Waals surface area contributed by atoms with Gasteiger partial charge in [-0.3, -0.25) is 29.2 Å². The van der Waals surface area contributed by atoms with Gasteiger partial charge >= 0.3 is 5.97 Å². The highest BCUT2D eigenvalue weighted by atomic mass is 16.4. The van der Waals surface area contributed by atoms with Crippen LogP contribution >= 0.6 is 0 Å². The van der Waals surface area contributed by atoms with Crippen LogP contribution in [0.3, 0.4) is 0 Å². The molecule has 2 aliphatic rings. The van der Waals surface area contributed by atoms with Crippen molar-refractivity contribution >= 4 is 29.4 Å². The molecule has 11 heteroatoms. The van der Waals surface area contributed by atoms with Crippen molar-refractivity contribution in [1.29, 1.82) is 0 Å². The van der Waals surface area contributed by atoms with E-state index in [9.17, 15) is 19.2 Å². The number of carbonyl (C=O) groups excluding carboxylic acids is 3. The highest BCUT2D eigenvalue weighted by molar-refractivity contribution is 6.06. The molecule has 2 aromatic rings. The largest absolute Gasteiger partial charge is 0.481 e. The van der Waals surface area contributed by atoms with E-state index >= 15 is 0 Å². The Morgan fingerprint density at radius 1 is 1.17 bits per heavy atom. The molecule has 1 saturated heterocycles. The van der Waals surface area contributed by atoms with Crippen molar-refractivity contribution in [2.45, 2.75) is 70.5 Å². The average Bonchev–Trinajstić information content (AvgIpc) is 3.41. The third-order valence-electron chi connectivity index (χ3n) is 6.37. The van der Waals surface area contributed by atoms with E-state index in [2.05, 4.69) is 20.9 Å². The number of aromatic nitrogens is 3. The minimum absolute atomic E-state index is 0.133. The summed E-state index contributed by atoms with van der Waals surface area (Å²) in [6.07, 6.45) is 6.62. The number of imide groups is 1. The van der Waals surface area contributed by atoms with Gasteiger partial charge < -0.3 is 15.3 Å². The molecule has 1 atom stereocenters. The fourth-order valence-electron chi connectivity index (χ4n) is 4.53. The summed E-state index contributed by atoms with van der Waals surface area (Å²) < 4.78 is 1.79. The van der Waals surface area contributed by atoms with Gasteiger partial charge in [-0.25, -0.2) is 0 Å². The molecule has 1 aromatic carbocycles. The lowest BCUT2D eigenvalue weighted by Crippen LogP contribution is -2.52. The van der Waals surface area contributed by atoms with Crippen LogP contribution in [0.25, 0.3) is 0 Å². The number of nitrogens with one attached hydrogen (secondary N) is 2. The number of anilines is 1. The van der Waals surface area contributed by atoms with E-state index in [1.165, 1.54) is 0 Å². The second kappa shape index (κ2) is 11.1. The van der Waals surface area contributed by atoms with Gasteiger partial charge in [0.2, 0.25) is 11.8 Å². The number of carboxylic acids is 1. The molecule has 3 N–H and O–H groups in total. The Labute approximate surface area is 202 Å². The first kappa shape index (κ1) is 24.4. The van der Waals surface area contributed by atoms with Gasteiger partial charge in [0.25, 0.3) is 5.91 Å². The number of aliphatic carboxylic acids is 1. The van der Waals surface area contributed by atoms with Gasteiger partial charge in [-0.15, -0.1) is 5.10 Å². The van der Waals surface area contributed by atoms with Crippen molar-refractivity contribution in [3.63, 3.8) is 0 Å². The standard InChI is InChI=1S/C24H30N6O5/c31-21-11-10-20(23(34)26-21)30-15-18-17(24(30)35)7-5-8-19(18)25-12-2-1-3-13-29-14-16(27-28-29)6-4-9-22(32)33/h5,7-8,14,20,25H,1-4,6,9-13,15H2,(H,32,33)(H,26,31,34). The fraction of sp³-hybridized carbons (Fsp3) is 0.500. The molecule has 0 aliphatic carbocycles. The maximum atomic E-state index is 12.9. The molecule has 0 saturated carbocycles. The van der Waals surface area contributed by atoms with Crippen LogP contribution in [0.15, 0.2) is 24.4 Å². The summed E-state index contributed by atoms with van der Waals surface area (Å²) in [5, 5.41) is 22.7. The van der Waals surface area contributed by atoms with E-state index in [0.717, 1.165) is 49.3 Å². The number of carbonyl (C=O) groups is 4. The molecule has 0 spiro atoms. The molecule has 4 rings (SSSR count). The van der Waals surface area contributed by atoms with Crippen LogP contribution in [0, 0.1) is 0 Å². The maximum Gasteiger partial charge on any atom is 0.303 e. The fourth-order valence-corrected chi connectivity index (χ4v) is 4.53. The van der Waals surface area contributed by atoms with Gasteiger partial charge in [-0.2, -0.15) is 0 Å². The summed E-state index contributed by atoms with van der Waals surface area (Å²) in [6, 6.07) is 4.95. The topological polar surface area (TPSA) is 147 Å². The Kier molecular flexibility index (Phi) is 7.74. The zero-order chi connectivity index (χ0) is 24.8. The number of carboxylic acid groups (broad SMARTS) is 1. The molecule has 0 radical (unpaired) electrons. The SMILES string of the molecule is O=C(O)CCCc1cn(CCCCCNc2cccc3c2CN(C2CCC(=O)NC2=O)C3=O)nn1. The van der Waals surface area contributed by atoms with Crippen LogP contribution in [-0.4, -0.2) is 61.3 Å². The maximum absolute atomic E-state index is 12.9. The Balaban J connectivity index is 1.21. The van der Waals surface area contributed by atoms with Crippen LogP contribution in [-0.2, 0) is 33.9 Å². The smallest absolute Gasteiger partial charge is 0.303 e. The Hall–Kier alpha value is -3.76. The highest BCUT2D eigenvalue weighted by Gasteiger charge is 2.39. The summed E-state index contributed by atoms with van der Waals surface area (Å²) in [5.41, 5.74) is 3.20. The predicted octanol–water partition coefficient (Wildman–Crippen LogP) is 1.73. The number of fused-ring (bicyclic) bond motifs is 1. The van der Waals surface area contributed by atoms with Crippen LogP contribution < -0.4 is 10.6 Å². The third-order valence-corrected chi connectivity index (χ3v) is 6.37. The number of amides is 3. The number of rotatable bonds is 12. The summed E-state index contributed by atoms with van der Waals surface area (Å²) in [6.45, 7) is 1.85. The van der Waals surface area contributed by atoms with Crippen LogP contribution in [0.1, 0.15) is 66.6 Å². The third kappa shape index (κ3) is 6.03. The second-order valence-corrected chi connectivity index (χ2v) is 8.94. The summed E-state index contributed by atoms with van der Waals surface area (Å²) in [7, 11) is 0. The predicted molar refractivity (Wildman–Crippen MR) is 125 cm³/mol. The molecule has 2 aliphatic heterocycles. The number of benzene rings is 1. The number of aryl methyl sites for hydroxylation is 2. The van der Waals surface area contributed by atoms with Gasteiger partial charge in [0, 0.05) is 55.5 Å². The van der Waals surface area contributed by atoms with Gasteiger partial charge in [0.05, 0.1) is 5.69 Å². The van der Waals surface area contributed by atoms with Crippen molar-refractivity contribution in [1.82, 2.24) is 25.2 Å². The lowest BCUT2D eigenvalue weighted by Gasteiger charge is -2.29. The molecular formula is C24H30N6O5. The Bertz CT molecular complexity index is 1110. The van der Waals surface area contributed by atoms with Crippen molar-refractivity contribution in [3.8, 4) is 0 Å². The van der Waals surface area contributed by atoms with Gasteiger partial charge in [-0.1, -0.05) is 11.3 Å². The van der Waals surface area contributed by atoms with E-state index in [-0.39, 0.29) is 24.7 Å². The monoisotopic (exact) mass is 482 g/mol. The first-order valence-electron chi connectivity index (χ1n) is 12.0. The lowest BCUT2D eigenvalue weighted by atomic mass is 10.0. The summed E-state index contributed by atoms with van der Waals surface area (Å²) >= 11 is 0. The minimum Gasteiger partial charge on any atom is -0.481 e. The van der Waals surface area contributed by atoms with E-state index in [1.54, 1.807) is 15.6 Å². The average molecular weight is 483 g/mol. The molecule has 1 unspecified atom stereocenters. The minimum atomic E-state index is -0.801. The molecular weight excluding hydrogens is 452 g/mol. The van der Waals surface area contributed by atoms with Crippen LogP contribution in [0.5, 0.6) is 0 Å². The quantitative estimate of drug-likeness (QED) is 0.306. The molecule has 3 heterocycles. The van der Waals surface area contributed by atoms with E-state index in [4.69, 9.17) is 5.11 Å². The van der Waals surface area contributed by atoms with Gasteiger partial charge in [0.1, 0.15) is 6.04 Å². The summed E-state index contributed by atoms with van der Waals surface area (Å²) in [4.78, 5) is 48.8. The number of unbranched alkanes of at least 4 members (excludes halogenated alkanes) is 2. The second-order valence-electron chi connectivity index (χ2n) is 8.94. The molecule has 35 heavy (non-hydrogen) atoms. The molecule has 0 bridgehead atoms. The van der Waals surface area contributed by atoms with E-state index in [0.29, 0.717) is 31.4 Å². The zero-order valence-electron chi connectivity index (χ0n) is 19.5. The van der Waals surface area contributed by atoms with Crippen molar-refractivity contribution in [2.75, 3.05) is 11.9 Å². The normalized spacial score (nSPS) is 17.4. The van der Waals surface area contributed by atoms with Crippen molar-refractivity contribution < 1.29 is 24.3 Å². The first-order chi connectivity index (χ1) is 16.9. The van der Waals surface area contributed by atoms with Gasteiger partial charge in [0.15, 0.2) is 0 Å². The lowest BCUT2D eigenvalue weighted by molar-refractivity contribution is -0.138. The molecule has 3 amide bonds. The number of hydrogen-bond acceptors (Lipinski definition) is 7. The van der Waals surface area contributed by atoms with Crippen molar-refractivity contribution in [3.05, 3.63) is 41.2 Å². The van der Waals surface area contributed by atoms with E-state index < -0.39 is 17.9 Å². The van der Waals surface area contributed by atoms with E-state index in [1.807, 2.05) is 18.3 Å². The Morgan fingerprint density at radius 2 is 2.03 bits per heavy atom. The molecule has 1 aromatic heterocycles. The van der Waals surface area contributed by atoms with Gasteiger partial charge in [-0.05, 0) is 50.7 Å². The van der Waals surface area contributed by atoms with Crippen LogP contribution in [0.4, 0.5) is 5.69 Å². The number of hydrogen-bond donors (Lipinski definition) is 3. The molecule has 1 fully saturated rings. The zero-order valence-corrected chi connectivity index (χ0v) is 19.5. The van der Waals surface area contributed by atoms with Crippen LogP contribution in [0.2, 0.25) is 0 Å². The number of piperidine rings is 1. The first-order valence-corrected chi connectivity index (χ1v) is 12.0. The molecule has 186 valence electrons. The molecule has 11 nitrogen and oxygen atoms in total. The summed E-state index contributed by atoms with van der Waals surface area (Å²) in [5.74, 6) is -1.67.